The van der Waals surface area contributed by atoms with E-state index in [4.69, 9.17) is 0 Å². The molecule has 0 saturated heterocycles. The smallest absolute Gasteiger partial charge is 0.255 e. The van der Waals surface area contributed by atoms with Crippen molar-refractivity contribution in [3.63, 3.8) is 0 Å². The number of hydrogen-bond donors (Lipinski definition) is 0. The van der Waals surface area contributed by atoms with Gasteiger partial charge in [0.25, 0.3) is 5.91 Å². The van der Waals surface area contributed by atoms with Crippen LogP contribution in [-0.4, -0.2) is 64.3 Å². The van der Waals surface area contributed by atoms with Gasteiger partial charge in [0.05, 0.1) is 18.7 Å². The van der Waals surface area contributed by atoms with Crippen LogP contribution in [0.1, 0.15) is 107 Å². The van der Waals surface area contributed by atoms with Crippen LogP contribution in [0.25, 0.3) is 11.3 Å². The molecule has 2 amide bonds. The molecule has 1 aromatic heterocycles. The van der Waals surface area contributed by atoms with Crippen molar-refractivity contribution >= 4 is 11.8 Å². The van der Waals surface area contributed by atoms with Gasteiger partial charge in [-0.2, -0.15) is 0 Å². The van der Waals surface area contributed by atoms with Gasteiger partial charge in [-0.25, -0.2) is 0 Å². The summed E-state index contributed by atoms with van der Waals surface area (Å²) in [6.07, 6.45) is 8.52. The molecule has 0 unspecified atom stereocenters. The number of carbonyl (C=O) groups is 2. The van der Waals surface area contributed by atoms with Crippen LogP contribution >= 0.6 is 0 Å². The van der Waals surface area contributed by atoms with Crippen molar-refractivity contribution in [3.05, 3.63) is 116 Å². The summed E-state index contributed by atoms with van der Waals surface area (Å²) in [4.78, 5) is 35.1. The first-order chi connectivity index (χ1) is 25.6. The van der Waals surface area contributed by atoms with E-state index >= 15 is 4.79 Å². The van der Waals surface area contributed by atoms with Crippen molar-refractivity contribution in [1.82, 2.24) is 19.3 Å². The fourth-order valence-electron chi connectivity index (χ4n) is 8.25. The summed E-state index contributed by atoms with van der Waals surface area (Å²) in [5.41, 5.74) is 13.9. The van der Waals surface area contributed by atoms with Gasteiger partial charge in [-0.3, -0.25) is 14.5 Å². The van der Waals surface area contributed by atoms with Crippen LogP contribution in [0.5, 0.6) is 0 Å². The number of unbranched alkanes of at least 4 members (excludes halogenated alkanes) is 2. The van der Waals surface area contributed by atoms with Gasteiger partial charge < -0.3 is 14.4 Å². The Morgan fingerprint density at radius 2 is 1.57 bits per heavy atom. The summed E-state index contributed by atoms with van der Waals surface area (Å²) in [6.45, 7) is 11.4. The summed E-state index contributed by atoms with van der Waals surface area (Å²) in [5.74, 6) is 6.68. The van der Waals surface area contributed by atoms with Crippen molar-refractivity contribution in [2.75, 3.05) is 27.2 Å². The highest BCUT2D eigenvalue weighted by atomic mass is 16.2. The summed E-state index contributed by atoms with van der Waals surface area (Å²) in [7, 11) is 6.19. The van der Waals surface area contributed by atoms with Crippen LogP contribution in [0.3, 0.4) is 0 Å². The molecule has 0 radical (unpaired) electrons. The predicted octanol–water partition coefficient (Wildman–Crippen LogP) is 8.31. The number of amides is 2. The van der Waals surface area contributed by atoms with Gasteiger partial charge in [-0.05, 0) is 124 Å². The molecule has 2 aliphatic heterocycles. The van der Waals surface area contributed by atoms with Crippen LogP contribution in [-0.2, 0) is 57.0 Å². The van der Waals surface area contributed by atoms with Crippen LogP contribution in [0.4, 0.5) is 0 Å². The minimum absolute atomic E-state index is 0.0777. The Labute approximate surface area is 318 Å². The average Bonchev–Trinajstić information content (AvgIpc) is 3.39. The highest BCUT2D eigenvalue weighted by molar-refractivity contribution is 6.02. The standard InChI is InChI=1S/C47H58N4O2/c1-8-10-22-41-34(4)49(7)46(42(41)23-11-9-2)43-28-38-24-26-50(45(52)30-37-19-13-12-17-35(37)21-16-25-48(5)6)31-40(38)29-44(43)47(53)51-32-39-20-15-14-18-36(39)27-33(51)3/h12-15,17-20,28-29,33H,8-11,22-27,30-32H2,1-7H3/t33-/m1/s1. The van der Waals surface area contributed by atoms with Gasteiger partial charge in [-0.15, -0.1) is 0 Å². The first-order valence-corrected chi connectivity index (χ1v) is 19.8. The third-order valence-corrected chi connectivity index (χ3v) is 11.4. The molecular weight excluding hydrogens is 653 g/mol. The van der Waals surface area contributed by atoms with Gasteiger partial charge in [0, 0.05) is 55.1 Å². The molecule has 0 fully saturated rings. The Morgan fingerprint density at radius 1 is 0.868 bits per heavy atom. The lowest BCUT2D eigenvalue weighted by Crippen LogP contribution is -2.43. The lowest BCUT2D eigenvalue weighted by atomic mass is 9.87. The molecule has 6 rings (SSSR count). The highest BCUT2D eigenvalue weighted by Crippen LogP contribution is 2.39. The Balaban J connectivity index is 1.40. The van der Waals surface area contributed by atoms with E-state index in [1.165, 1.54) is 39.2 Å². The van der Waals surface area contributed by atoms with Gasteiger partial charge in [0.2, 0.25) is 5.91 Å². The topological polar surface area (TPSA) is 48.8 Å². The van der Waals surface area contributed by atoms with Crippen LogP contribution in [0, 0.1) is 18.8 Å². The summed E-state index contributed by atoms with van der Waals surface area (Å²) < 4.78 is 2.36. The van der Waals surface area contributed by atoms with E-state index in [1.807, 2.05) is 48.2 Å². The lowest BCUT2D eigenvalue weighted by molar-refractivity contribution is -0.131. The Kier molecular flexibility index (Phi) is 12.3. The summed E-state index contributed by atoms with van der Waals surface area (Å²) in [6, 6.07) is 21.1. The SMILES string of the molecule is CCCCc1c(CCCC)c(-c2cc3c(cc2C(=O)N2Cc4ccccc4C[C@H]2C)CN(C(=O)Cc2ccccc2C#CCN(C)C)CC3)n(C)c1C. The largest absolute Gasteiger partial charge is 0.347 e. The van der Waals surface area contributed by atoms with E-state index in [0.29, 0.717) is 32.6 Å². The van der Waals surface area contributed by atoms with Gasteiger partial charge in [0.1, 0.15) is 0 Å². The van der Waals surface area contributed by atoms with Crippen molar-refractivity contribution in [2.45, 2.75) is 105 Å². The quantitative estimate of drug-likeness (QED) is 0.147. The average molecular weight is 711 g/mol. The highest BCUT2D eigenvalue weighted by Gasteiger charge is 2.33. The van der Waals surface area contributed by atoms with E-state index in [0.717, 1.165) is 79.2 Å². The zero-order chi connectivity index (χ0) is 37.6. The molecule has 6 nitrogen and oxygen atoms in total. The maximum absolute atomic E-state index is 15.0. The second-order valence-corrected chi connectivity index (χ2v) is 15.5. The van der Waals surface area contributed by atoms with Crippen LogP contribution in [0.2, 0.25) is 0 Å². The number of benzene rings is 3. The number of rotatable bonds is 11. The minimum atomic E-state index is 0.0777. The molecule has 3 aromatic carbocycles. The molecule has 1 atom stereocenters. The molecule has 2 aliphatic rings. The summed E-state index contributed by atoms with van der Waals surface area (Å²) in [5, 5.41) is 0. The molecular formula is C47H58N4O2. The van der Waals surface area contributed by atoms with Crippen LogP contribution in [0.15, 0.2) is 60.7 Å². The third-order valence-electron chi connectivity index (χ3n) is 11.4. The number of fused-ring (bicyclic) bond motifs is 2. The fraction of sp³-hybridized carbons (Fsp3) is 0.447. The number of hydrogen-bond acceptors (Lipinski definition) is 3. The van der Waals surface area contributed by atoms with Crippen molar-refractivity contribution < 1.29 is 9.59 Å². The molecule has 0 N–H and O–H groups in total. The zero-order valence-electron chi connectivity index (χ0n) is 33.1. The molecule has 53 heavy (non-hydrogen) atoms. The minimum Gasteiger partial charge on any atom is -0.347 e. The summed E-state index contributed by atoms with van der Waals surface area (Å²) >= 11 is 0. The van der Waals surface area contributed by atoms with Crippen molar-refractivity contribution in [1.29, 1.82) is 0 Å². The fourth-order valence-corrected chi connectivity index (χ4v) is 8.25. The molecule has 0 spiro atoms. The van der Waals surface area contributed by atoms with Gasteiger partial charge >= 0.3 is 0 Å². The molecule has 4 aromatic rings. The van der Waals surface area contributed by atoms with Gasteiger partial charge in [-0.1, -0.05) is 81.0 Å². The normalized spacial score (nSPS) is 15.2. The van der Waals surface area contributed by atoms with E-state index in [9.17, 15) is 4.79 Å². The van der Waals surface area contributed by atoms with E-state index in [-0.39, 0.29) is 17.9 Å². The van der Waals surface area contributed by atoms with Gasteiger partial charge in [0.15, 0.2) is 0 Å². The maximum Gasteiger partial charge on any atom is 0.255 e. The Morgan fingerprint density at radius 3 is 2.30 bits per heavy atom. The molecule has 3 heterocycles. The van der Waals surface area contributed by atoms with Crippen LogP contribution < -0.4 is 0 Å². The van der Waals surface area contributed by atoms with E-state index < -0.39 is 0 Å². The molecule has 0 saturated carbocycles. The first-order valence-electron chi connectivity index (χ1n) is 19.8. The van der Waals surface area contributed by atoms with Crippen molar-refractivity contribution in [2.24, 2.45) is 7.05 Å². The molecule has 6 heteroatoms. The lowest BCUT2D eigenvalue weighted by Gasteiger charge is -2.36. The van der Waals surface area contributed by atoms with E-state index in [2.05, 4.69) is 92.4 Å². The second-order valence-electron chi connectivity index (χ2n) is 15.5. The molecule has 278 valence electrons. The number of carbonyl (C=O) groups excluding carboxylic acids is 2. The number of aromatic nitrogens is 1. The maximum atomic E-state index is 15.0. The van der Waals surface area contributed by atoms with Crippen molar-refractivity contribution in [3.8, 4) is 23.1 Å². The number of nitrogens with zero attached hydrogens (tertiary/aromatic N) is 4. The van der Waals surface area contributed by atoms with E-state index in [1.54, 1.807) is 0 Å². The molecule has 0 bridgehead atoms. The molecule has 0 aliphatic carbocycles. The Hall–Kier alpha value is -4.60. The zero-order valence-corrected chi connectivity index (χ0v) is 33.1. The predicted molar refractivity (Wildman–Crippen MR) is 217 cm³/mol. The Bertz CT molecular complexity index is 2030. The third kappa shape index (κ3) is 8.31. The monoisotopic (exact) mass is 710 g/mol. The first kappa shape index (κ1) is 38.1. The second kappa shape index (κ2) is 17.0.